The zero-order valence-electron chi connectivity index (χ0n) is 10.8. The van der Waals surface area contributed by atoms with Gasteiger partial charge in [-0.15, -0.1) is 0 Å². The number of ether oxygens (including phenoxy) is 1. The van der Waals surface area contributed by atoms with E-state index in [2.05, 4.69) is 10.1 Å². The first-order chi connectivity index (χ1) is 9.10. The molecule has 0 amide bonds. The molecular weight excluding hydrogens is 242 g/mol. The number of benzene rings is 1. The van der Waals surface area contributed by atoms with Crippen molar-refractivity contribution in [1.29, 1.82) is 0 Å². The van der Waals surface area contributed by atoms with E-state index in [9.17, 15) is 0 Å². The first kappa shape index (κ1) is 12.9. The maximum absolute atomic E-state index is 8.80. The number of oxime groups is 1. The topological polar surface area (TPSA) is 80.7 Å². The quantitative estimate of drug-likeness (QED) is 0.383. The lowest BCUT2D eigenvalue weighted by Gasteiger charge is -2.11. The Morgan fingerprint density at radius 3 is 2.68 bits per heavy atom. The van der Waals surface area contributed by atoms with E-state index in [-0.39, 0.29) is 5.84 Å². The number of nitrogens with two attached hydrogens (primary N) is 1. The minimum Gasteiger partial charge on any atom is -0.455 e. The normalized spacial score (nSPS) is 11.4. The lowest BCUT2D eigenvalue weighted by Crippen LogP contribution is -2.14. The van der Waals surface area contributed by atoms with Crippen molar-refractivity contribution < 1.29 is 9.94 Å². The highest BCUT2D eigenvalue weighted by atomic mass is 16.5. The standard InChI is InChI=1S/C14H15N3O2/c1-9-3-6-13(12(7-9)14(15)17-18)19-11-5-4-10(2)16-8-11/h3-8,18H,1-2H3,(H2,15,17). The van der Waals surface area contributed by atoms with E-state index < -0.39 is 0 Å². The Bertz CT molecular complexity index is 607. The highest BCUT2D eigenvalue weighted by Crippen LogP contribution is 2.25. The van der Waals surface area contributed by atoms with Crippen LogP contribution in [0.3, 0.4) is 0 Å². The Hall–Kier alpha value is -2.56. The Balaban J connectivity index is 2.37. The Morgan fingerprint density at radius 2 is 2.05 bits per heavy atom. The molecule has 0 aliphatic carbocycles. The number of nitrogens with zero attached hydrogens (tertiary/aromatic N) is 2. The van der Waals surface area contributed by atoms with Crippen LogP contribution in [0.4, 0.5) is 0 Å². The minimum absolute atomic E-state index is 0.0128. The van der Waals surface area contributed by atoms with Crippen LogP contribution < -0.4 is 10.5 Å². The number of aromatic nitrogens is 1. The van der Waals surface area contributed by atoms with Gasteiger partial charge in [0.25, 0.3) is 0 Å². The van der Waals surface area contributed by atoms with E-state index in [1.54, 1.807) is 18.3 Å². The molecule has 3 N–H and O–H groups in total. The van der Waals surface area contributed by atoms with Crippen molar-refractivity contribution in [2.24, 2.45) is 10.9 Å². The van der Waals surface area contributed by atoms with Crippen molar-refractivity contribution >= 4 is 5.84 Å². The van der Waals surface area contributed by atoms with E-state index in [0.29, 0.717) is 17.1 Å². The molecule has 5 heteroatoms. The highest BCUT2D eigenvalue weighted by molar-refractivity contribution is 5.99. The predicted molar refractivity (Wildman–Crippen MR) is 72.7 cm³/mol. The second kappa shape index (κ2) is 5.39. The summed E-state index contributed by atoms with van der Waals surface area (Å²) >= 11 is 0. The van der Waals surface area contributed by atoms with Gasteiger partial charge in [-0.05, 0) is 38.1 Å². The van der Waals surface area contributed by atoms with Crippen LogP contribution in [-0.2, 0) is 0 Å². The molecule has 1 aromatic carbocycles. The Morgan fingerprint density at radius 1 is 1.26 bits per heavy atom. The van der Waals surface area contributed by atoms with E-state index in [1.807, 2.05) is 32.0 Å². The van der Waals surface area contributed by atoms with Crippen LogP contribution in [0.5, 0.6) is 11.5 Å². The maximum Gasteiger partial charge on any atom is 0.173 e. The van der Waals surface area contributed by atoms with Crippen molar-refractivity contribution in [2.75, 3.05) is 0 Å². The van der Waals surface area contributed by atoms with E-state index in [0.717, 1.165) is 11.3 Å². The number of rotatable bonds is 3. The van der Waals surface area contributed by atoms with Crippen LogP contribution in [0.1, 0.15) is 16.8 Å². The SMILES string of the molecule is Cc1ccc(Oc2ccc(C)nc2)c(/C(N)=N/O)c1. The summed E-state index contributed by atoms with van der Waals surface area (Å²) < 4.78 is 5.71. The molecule has 0 saturated carbocycles. The molecular formula is C14H15N3O2. The average Bonchev–Trinajstić information content (AvgIpc) is 2.42. The van der Waals surface area contributed by atoms with Gasteiger partial charge in [0.2, 0.25) is 0 Å². The summed E-state index contributed by atoms with van der Waals surface area (Å²) in [6.45, 7) is 3.82. The monoisotopic (exact) mass is 257 g/mol. The summed E-state index contributed by atoms with van der Waals surface area (Å²) in [4.78, 5) is 4.15. The lowest BCUT2D eigenvalue weighted by molar-refractivity contribution is 0.318. The van der Waals surface area contributed by atoms with Crippen LogP contribution in [0.15, 0.2) is 41.7 Å². The zero-order chi connectivity index (χ0) is 13.8. The van der Waals surface area contributed by atoms with Gasteiger partial charge in [0, 0.05) is 5.69 Å². The fourth-order valence-corrected chi connectivity index (χ4v) is 1.63. The highest BCUT2D eigenvalue weighted by Gasteiger charge is 2.10. The summed E-state index contributed by atoms with van der Waals surface area (Å²) in [5.41, 5.74) is 8.10. The number of amidine groups is 1. The van der Waals surface area contributed by atoms with Crippen molar-refractivity contribution in [1.82, 2.24) is 4.98 Å². The van der Waals surface area contributed by atoms with Gasteiger partial charge in [-0.1, -0.05) is 16.8 Å². The van der Waals surface area contributed by atoms with Gasteiger partial charge in [0.1, 0.15) is 11.5 Å². The summed E-state index contributed by atoms with van der Waals surface area (Å²) in [7, 11) is 0. The molecule has 0 atom stereocenters. The van der Waals surface area contributed by atoms with Crippen LogP contribution in [-0.4, -0.2) is 16.0 Å². The van der Waals surface area contributed by atoms with Crippen LogP contribution in [0.25, 0.3) is 0 Å². The predicted octanol–water partition coefficient (Wildman–Crippen LogP) is 2.59. The third kappa shape index (κ3) is 3.01. The fourth-order valence-electron chi connectivity index (χ4n) is 1.63. The summed E-state index contributed by atoms with van der Waals surface area (Å²) in [6, 6.07) is 9.14. The first-order valence-electron chi connectivity index (χ1n) is 5.79. The molecule has 5 nitrogen and oxygen atoms in total. The molecule has 2 aromatic rings. The molecule has 1 aromatic heterocycles. The van der Waals surface area contributed by atoms with Crippen molar-refractivity contribution in [3.05, 3.63) is 53.3 Å². The average molecular weight is 257 g/mol. The molecule has 0 fully saturated rings. The number of hydrogen-bond acceptors (Lipinski definition) is 4. The molecule has 0 unspecified atom stereocenters. The van der Waals surface area contributed by atoms with Crippen molar-refractivity contribution in [3.63, 3.8) is 0 Å². The maximum atomic E-state index is 8.80. The number of hydrogen-bond donors (Lipinski definition) is 2. The van der Waals surface area contributed by atoms with Crippen molar-refractivity contribution in [3.8, 4) is 11.5 Å². The van der Waals surface area contributed by atoms with Gasteiger partial charge >= 0.3 is 0 Å². The van der Waals surface area contributed by atoms with Gasteiger partial charge in [-0.25, -0.2) is 0 Å². The third-order valence-electron chi connectivity index (χ3n) is 2.63. The summed E-state index contributed by atoms with van der Waals surface area (Å²) in [5, 5.41) is 11.8. The molecule has 0 aliphatic rings. The van der Waals surface area contributed by atoms with E-state index in [4.69, 9.17) is 15.7 Å². The van der Waals surface area contributed by atoms with Gasteiger partial charge in [-0.3, -0.25) is 4.98 Å². The van der Waals surface area contributed by atoms with Gasteiger partial charge in [0.15, 0.2) is 5.84 Å². The van der Waals surface area contributed by atoms with Crippen LogP contribution in [0.2, 0.25) is 0 Å². The molecule has 19 heavy (non-hydrogen) atoms. The molecule has 0 aliphatic heterocycles. The largest absolute Gasteiger partial charge is 0.455 e. The second-order valence-electron chi connectivity index (χ2n) is 4.22. The smallest absolute Gasteiger partial charge is 0.173 e. The van der Waals surface area contributed by atoms with Gasteiger partial charge in [-0.2, -0.15) is 0 Å². The molecule has 98 valence electrons. The Labute approximate surface area is 111 Å². The van der Waals surface area contributed by atoms with Gasteiger partial charge < -0.3 is 15.7 Å². The zero-order valence-corrected chi connectivity index (χ0v) is 10.8. The van der Waals surface area contributed by atoms with Crippen molar-refractivity contribution in [2.45, 2.75) is 13.8 Å². The lowest BCUT2D eigenvalue weighted by atomic mass is 10.1. The summed E-state index contributed by atoms with van der Waals surface area (Å²) in [6.07, 6.45) is 1.63. The number of aryl methyl sites for hydroxylation is 2. The molecule has 0 saturated heterocycles. The number of pyridine rings is 1. The molecule has 0 radical (unpaired) electrons. The third-order valence-corrected chi connectivity index (χ3v) is 2.63. The molecule has 0 spiro atoms. The van der Waals surface area contributed by atoms with Crippen LogP contribution in [0, 0.1) is 13.8 Å². The first-order valence-corrected chi connectivity index (χ1v) is 5.79. The second-order valence-corrected chi connectivity index (χ2v) is 4.22. The van der Waals surface area contributed by atoms with Gasteiger partial charge in [0.05, 0.1) is 11.8 Å². The minimum atomic E-state index is 0.0128. The Kier molecular flexibility index (Phi) is 3.66. The molecule has 0 bridgehead atoms. The van der Waals surface area contributed by atoms with E-state index >= 15 is 0 Å². The molecule has 1 heterocycles. The summed E-state index contributed by atoms with van der Waals surface area (Å²) in [5.74, 6) is 1.13. The molecule has 2 rings (SSSR count). The van der Waals surface area contributed by atoms with Crippen LogP contribution >= 0.6 is 0 Å². The van der Waals surface area contributed by atoms with E-state index in [1.165, 1.54) is 0 Å². The fraction of sp³-hybridized carbons (Fsp3) is 0.143.